The second-order valence-electron chi connectivity index (χ2n) is 6.35. The lowest BCUT2D eigenvalue weighted by molar-refractivity contribution is 0.353. The summed E-state index contributed by atoms with van der Waals surface area (Å²) in [5, 5.41) is 0. The van der Waals surface area contributed by atoms with Gasteiger partial charge in [0.15, 0.2) is 11.5 Å². The number of rotatable bonds is 6. The highest BCUT2D eigenvalue weighted by atomic mass is 35.5. The van der Waals surface area contributed by atoms with Crippen molar-refractivity contribution in [3.63, 3.8) is 0 Å². The second-order valence-corrected chi connectivity index (χ2v) is 8.29. The molecule has 1 heterocycles. The minimum Gasteiger partial charge on any atom is -0.493 e. The van der Waals surface area contributed by atoms with Gasteiger partial charge < -0.3 is 15.2 Å². The van der Waals surface area contributed by atoms with Crippen LogP contribution in [0.25, 0.3) is 0 Å². The van der Waals surface area contributed by atoms with Crippen LogP contribution in [-0.2, 0) is 10.0 Å². The first-order valence-corrected chi connectivity index (χ1v) is 9.92. The van der Waals surface area contributed by atoms with Gasteiger partial charge >= 0.3 is 0 Å². The summed E-state index contributed by atoms with van der Waals surface area (Å²) < 4.78 is 38.2. The normalized spacial score (nSPS) is 20.1. The van der Waals surface area contributed by atoms with Gasteiger partial charge in [-0.1, -0.05) is 30.3 Å². The minimum atomic E-state index is -3.64. The molecule has 2 atom stereocenters. The monoisotopic (exact) mass is 412 g/mol. The van der Waals surface area contributed by atoms with Crippen molar-refractivity contribution in [2.45, 2.75) is 10.8 Å². The van der Waals surface area contributed by atoms with Gasteiger partial charge in [-0.2, -0.15) is 4.31 Å². The highest BCUT2D eigenvalue weighted by Crippen LogP contribution is 2.37. The Morgan fingerprint density at radius 1 is 1.04 bits per heavy atom. The Morgan fingerprint density at radius 2 is 1.70 bits per heavy atom. The Hall–Kier alpha value is -1.80. The fourth-order valence-corrected chi connectivity index (χ4v) is 5.01. The van der Waals surface area contributed by atoms with Gasteiger partial charge in [0.25, 0.3) is 0 Å². The zero-order valence-electron chi connectivity index (χ0n) is 15.4. The highest BCUT2D eigenvalue weighted by molar-refractivity contribution is 7.89. The van der Waals surface area contributed by atoms with Crippen LogP contribution in [0.2, 0.25) is 0 Å². The molecule has 0 amide bonds. The van der Waals surface area contributed by atoms with Crippen molar-refractivity contribution in [1.29, 1.82) is 0 Å². The fourth-order valence-electron chi connectivity index (χ4n) is 3.47. The lowest BCUT2D eigenvalue weighted by Gasteiger charge is -2.18. The average molecular weight is 413 g/mol. The first-order chi connectivity index (χ1) is 12.5. The van der Waals surface area contributed by atoms with E-state index in [4.69, 9.17) is 15.2 Å². The first kappa shape index (κ1) is 21.5. The molecule has 2 N–H and O–H groups in total. The van der Waals surface area contributed by atoms with E-state index in [2.05, 4.69) is 0 Å². The van der Waals surface area contributed by atoms with E-state index < -0.39 is 10.0 Å². The van der Waals surface area contributed by atoms with E-state index >= 15 is 0 Å². The van der Waals surface area contributed by atoms with E-state index in [1.807, 2.05) is 30.3 Å². The molecule has 27 heavy (non-hydrogen) atoms. The molecule has 0 unspecified atom stereocenters. The van der Waals surface area contributed by atoms with Gasteiger partial charge in [-0.15, -0.1) is 12.4 Å². The van der Waals surface area contributed by atoms with Gasteiger partial charge in [-0.25, -0.2) is 8.42 Å². The molecule has 0 spiro atoms. The van der Waals surface area contributed by atoms with Crippen molar-refractivity contribution in [3.05, 3.63) is 54.1 Å². The molecule has 0 radical (unpaired) electrons. The largest absolute Gasteiger partial charge is 0.493 e. The number of ether oxygens (including phenoxy) is 2. The van der Waals surface area contributed by atoms with Gasteiger partial charge in [0.05, 0.1) is 19.1 Å². The standard InChI is InChI=1S/C19H24N2O4S.ClH/c1-24-18-9-8-16(10-19(18)25-2)26(22,23)21-12-15(11-20)17(13-21)14-6-4-3-5-7-14;/h3-10,15,17H,11-13,20H2,1-2H3;1H/t15-,17+;/m1./s1. The lowest BCUT2D eigenvalue weighted by Crippen LogP contribution is -2.30. The van der Waals surface area contributed by atoms with E-state index in [-0.39, 0.29) is 29.1 Å². The third kappa shape index (κ3) is 4.21. The van der Waals surface area contributed by atoms with Crippen LogP contribution in [0.5, 0.6) is 11.5 Å². The molecule has 3 rings (SSSR count). The van der Waals surface area contributed by atoms with Crippen molar-refractivity contribution in [3.8, 4) is 11.5 Å². The Labute approximate surface area is 166 Å². The van der Waals surface area contributed by atoms with Crippen molar-refractivity contribution in [2.24, 2.45) is 11.7 Å². The van der Waals surface area contributed by atoms with Crippen LogP contribution >= 0.6 is 12.4 Å². The number of nitrogens with two attached hydrogens (primary N) is 1. The Kier molecular flexibility index (Phi) is 7.11. The molecular weight excluding hydrogens is 388 g/mol. The maximum atomic E-state index is 13.1. The van der Waals surface area contributed by atoms with E-state index in [1.165, 1.54) is 24.6 Å². The van der Waals surface area contributed by atoms with Gasteiger partial charge in [0.2, 0.25) is 10.0 Å². The summed E-state index contributed by atoms with van der Waals surface area (Å²) in [5.41, 5.74) is 7.05. The molecule has 148 valence electrons. The summed E-state index contributed by atoms with van der Waals surface area (Å²) in [4.78, 5) is 0.194. The van der Waals surface area contributed by atoms with Crippen LogP contribution in [0.1, 0.15) is 11.5 Å². The summed E-state index contributed by atoms with van der Waals surface area (Å²) in [6.07, 6.45) is 0. The molecule has 0 bridgehead atoms. The molecule has 2 aromatic carbocycles. The van der Waals surface area contributed by atoms with Crippen molar-refractivity contribution in [2.75, 3.05) is 33.9 Å². The lowest BCUT2D eigenvalue weighted by atomic mass is 9.89. The maximum Gasteiger partial charge on any atom is 0.243 e. The number of benzene rings is 2. The molecule has 1 fully saturated rings. The van der Waals surface area contributed by atoms with Crippen molar-refractivity contribution < 1.29 is 17.9 Å². The molecule has 1 saturated heterocycles. The Bertz CT molecular complexity index is 861. The molecule has 0 saturated carbocycles. The van der Waals surface area contributed by atoms with Crippen LogP contribution in [0.4, 0.5) is 0 Å². The number of nitrogens with zero attached hydrogens (tertiary/aromatic N) is 1. The number of methoxy groups -OCH3 is 2. The summed E-state index contributed by atoms with van der Waals surface area (Å²) in [5.74, 6) is 1.07. The van der Waals surface area contributed by atoms with Crippen LogP contribution in [0.3, 0.4) is 0 Å². The summed E-state index contributed by atoms with van der Waals surface area (Å²) >= 11 is 0. The van der Waals surface area contributed by atoms with Gasteiger partial charge in [0.1, 0.15) is 0 Å². The van der Waals surface area contributed by atoms with Crippen LogP contribution in [0.15, 0.2) is 53.4 Å². The van der Waals surface area contributed by atoms with E-state index in [1.54, 1.807) is 12.1 Å². The summed E-state index contributed by atoms with van der Waals surface area (Å²) in [6, 6.07) is 14.6. The second kappa shape index (κ2) is 8.93. The van der Waals surface area contributed by atoms with E-state index in [0.717, 1.165) is 5.56 Å². The number of hydrogen-bond donors (Lipinski definition) is 1. The molecule has 0 aliphatic carbocycles. The number of hydrogen-bond acceptors (Lipinski definition) is 5. The Morgan fingerprint density at radius 3 is 2.30 bits per heavy atom. The predicted molar refractivity (Wildman–Crippen MR) is 107 cm³/mol. The van der Waals surface area contributed by atoms with Crippen LogP contribution < -0.4 is 15.2 Å². The molecule has 8 heteroatoms. The highest BCUT2D eigenvalue weighted by Gasteiger charge is 2.39. The van der Waals surface area contributed by atoms with E-state index in [9.17, 15) is 8.42 Å². The predicted octanol–water partition coefficient (Wildman–Crippen LogP) is 2.49. The first-order valence-electron chi connectivity index (χ1n) is 8.48. The van der Waals surface area contributed by atoms with E-state index in [0.29, 0.717) is 31.1 Å². The molecule has 6 nitrogen and oxygen atoms in total. The van der Waals surface area contributed by atoms with Crippen molar-refractivity contribution >= 4 is 22.4 Å². The third-order valence-electron chi connectivity index (χ3n) is 4.93. The molecule has 1 aliphatic rings. The minimum absolute atomic E-state index is 0. The Balaban J connectivity index is 0.00000261. The van der Waals surface area contributed by atoms with Crippen LogP contribution in [0, 0.1) is 5.92 Å². The van der Waals surface area contributed by atoms with Gasteiger partial charge in [-0.3, -0.25) is 0 Å². The number of sulfonamides is 1. The molecule has 0 aromatic heterocycles. The van der Waals surface area contributed by atoms with Gasteiger partial charge in [0, 0.05) is 25.1 Å². The summed E-state index contributed by atoms with van der Waals surface area (Å²) in [7, 11) is -0.635. The SMILES string of the molecule is COc1ccc(S(=O)(=O)N2C[C@@H](CN)[C@H](c3ccccc3)C2)cc1OC.Cl. The molecule has 1 aliphatic heterocycles. The average Bonchev–Trinajstić information content (AvgIpc) is 3.13. The van der Waals surface area contributed by atoms with Crippen LogP contribution in [-0.4, -0.2) is 46.6 Å². The topological polar surface area (TPSA) is 81.9 Å². The quantitative estimate of drug-likeness (QED) is 0.788. The number of halogens is 1. The maximum absolute atomic E-state index is 13.1. The summed E-state index contributed by atoms with van der Waals surface area (Å²) in [6.45, 7) is 1.27. The van der Waals surface area contributed by atoms with Crippen molar-refractivity contribution in [1.82, 2.24) is 4.31 Å². The smallest absolute Gasteiger partial charge is 0.243 e. The van der Waals surface area contributed by atoms with Gasteiger partial charge in [-0.05, 0) is 30.2 Å². The zero-order chi connectivity index (χ0) is 18.7. The zero-order valence-corrected chi connectivity index (χ0v) is 17.0. The molecular formula is C19H25ClN2O4S. The molecule has 2 aromatic rings. The fraction of sp³-hybridized carbons (Fsp3) is 0.368. The third-order valence-corrected chi connectivity index (χ3v) is 6.76.